The van der Waals surface area contributed by atoms with Gasteiger partial charge in [-0.3, -0.25) is 9.48 Å². The van der Waals surface area contributed by atoms with Gasteiger partial charge in [-0.15, -0.1) is 0 Å². The Bertz CT molecular complexity index is 1440. The number of carbonyl (C=O) groups excluding carboxylic acids is 1. The molecule has 0 spiro atoms. The highest BCUT2D eigenvalue weighted by Crippen LogP contribution is 2.28. The number of rotatable bonds is 10. The van der Waals surface area contributed by atoms with Crippen molar-refractivity contribution >= 4 is 28.5 Å². The maximum Gasteiger partial charge on any atom is 0.254 e. The maximum absolute atomic E-state index is 13.9. The van der Waals surface area contributed by atoms with E-state index in [4.69, 9.17) is 11.6 Å². The Balaban J connectivity index is 1.54. The summed E-state index contributed by atoms with van der Waals surface area (Å²) in [6, 6.07) is 10.4. The Morgan fingerprint density at radius 3 is 2.55 bits per heavy atom. The third-order valence-corrected chi connectivity index (χ3v) is 6.84. The molecule has 0 saturated carbocycles. The van der Waals surface area contributed by atoms with Crippen molar-refractivity contribution in [3.63, 3.8) is 0 Å². The Hall–Kier alpha value is -3.40. The second-order valence-electron chi connectivity index (χ2n) is 9.33. The van der Waals surface area contributed by atoms with Crippen LogP contribution in [0.2, 0.25) is 5.02 Å². The van der Waals surface area contributed by atoms with Gasteiger partial charge in [0.2, 0.25) is 0 Å². The number of aliphatic hydroxyl groups excluding tert-OH is 1. The van der Waals surface area contributed by atoms with E-state index < -0.39 is 29.7 Å². The van der Waals surface area contributed by atoms with Gasteiger partial charge in [0, 0.05) is 32.4 Å². The summed E-state index contributed by atoms with van der Waals surface area (Å²) in [7, 11) is 1.73. The van der Waals surface area contributed by atoms with Gasteiger partial charge in [0.1, 0.15) is 11.6 Å². The molecule has 4 rings (SSSR count). The Labute approximate surface area is 224 Å². The third-order valence-electron chi connectivity index (χ3n) is 6.45. The molecule has 4 aromatic rings. The summed E-state index contributed by atoms with van der Waals surface area (Å²) in [4.78, 5) is 17.6. The van der Waals surface area contributed by atoms with Crippen molar-refractivity contribution in [1.82, 2.24) is 25.4 Å². The van der Waals surface area contributed by atoms with Gasteiger partial charge in [-0.25, -0.2) is 13.8 Å². The number of hydrogen-bond donors (Lipinski definition) is 3. The Morgan fingerprint density at radius 2 is 1.84 bits per heavy atom. The number of fused-ring (bicyclic) bond motifs is 1. The number of benzene rings is 2. The van der Waals surface area contributed by atoms with Crippen LogP contribution in [-0.2, 0) is 26.4 Å². The van der Waals surface area contributed by atoms with Crippen molar-refractivity contribution in [2.45, 2.75) is 45.4 Å². The number of aryl methyl sites for hydroxylation is 3. The molecule has 7 nitrogen and oxygen atoms in total. The molecule has 1 amide bonds. The van der Waals surface area contributed by atoms with Crippen molar-refractivity contribution in [2.75, 3.05) is 6.54 Å². The van der Waals surface area contributed by atoms with E-state index in [0.29, 0.717) is 28.8 Å². The summed E-state index contributed by atoms with van der Waals surface area (Å²) in [5, 5.41) is 22.1. The predicted molar refractivity (Wildman–Crippen MR) is 143 cm³/mol. The minimum Gasteiger partial charge on any atom is -0.390 e. The van der Waals surface area contributed by atoms with E-state index in [2.05, 4.69) is 33.7 Å². The summed E-state index contributed by atoms with van der Waals surface area (Å²) in [6.45, 7) is 4.48. The number of nitrogens with zero attached hydrogens (tertiary/aromatic N) is 3. The smallest absolute Gasteiger partial charge is 0.254 e. The second kappa shape index (κ2) is 12.0. The van der Waals surface area contributed by atoms with E-state index >= 15 is 0 Å². The zero-order valence-electron chi connectivity index (χ0n) is 21.4. The first-order chi connectivity index (χ1) is 18.2. The zero-order valence-corrected chi connectivity index (χ0v) is 22.2. The van der Waals surface area contributed by atoms with E-state index in [9.17, 15) is 18.7 Å². The quantitative estimate of drug-likeness (QED) is 0.279. The summed E-state index contributed by atoms with van der Waals surface area (Å²) in [5.74, 6) is -2.04. The summed E-state index contributed by atoms with van der Waals surface area (Å²) < 4.78 is 29.3. The molecule has 0 radical (unpaired) electrons. The molecule has 0 saturated heterocycles. The van der Waals surface area contributed by atoms with Crippen molar-refractivity contribution in [3.8, 4) is 0 Å². The molecule has 0 unspecified atom stereocenters. The molecule has 2 aromatic heterocycles. The van der Waals surface area contributed by atoms with Crippen LogP contribution >= 0.6 is 11.6 Å². The number of pyridine rings is 1. The molecule has 0 aliphatic heterocycles. The van der Waals surface area contributed by atoms with Gasteiger partial charge in [0.05, 0.1) is 33.8 Å². The number of amides is 1. The van der Waals surface area contributed by atoms with Crippen LogP contribution in [0.4, 0.5) is 8.78 Å². The van der Waals surface area contributed by atoms with Crippen LogP contribution < -0.4 is 10.6 Å². The molecule has 0 fully saturated rings. The number of aromatic nitrogens is 3. The standard InChI is InChI=1S/C28H30ClF2N5O2/c1-4-17-6-5-7-18(8-17)13-32-15-24(37)23(11-19-9-20(30)12-21(31)10-19)34-28(38)22-14-33-27-25(26(22)29)16(2)35-36(27)3/h5-10,12,14,23-24,32,37H,4,11,13,15H2,1-3H3,(H,34,38)/t23-,24-/m0/s1. The number of nitrogens with one attached hydrogen (secondary N) is 2. The highest BCUT2D eigenvalue weighted by Gasteiger charge is 2.25. The summed E-state index contributed by atoms with van der Waals surface area (Å²) in [5.41, 5.74) is 3.83. The van der Waals surface area contributed by atoms with E-state index in [1.165, 1.54) is 23.9 Å². The fourth-order valence-corrected chi connectivity index (χ4v) is 4.86. The lowest BCUT2D eigenvalue weighted by Crippen LogP contribution is -2.48. The first kappa shape index (κ1) is 27.6. The van der Waals surface area contributed by atoms with Crippen molar-refractivity contribution < 1.29 is 18.7 Å². The number of carbonyl (C=O) groups is 1. The molecule has 3 N–H and O–H groups in total. The summed E-state index contributed by atoms with van der Waals surface area (Å²) in [6.07, 6.45) is 1.19. The van der Waals surface area contributed by atoms with Crippen molar-refractivity contribution in [1.29, 1.82) is 0 Å². The SMILES string of the molecule is CCc1cccc(CNC[C@H](O)[C@H](Cc2cc(F)cc(F)c2)NC(=O)c2cnc3c(c(C)nn3C)c2Cl)c1. The molecular formula is C28H30ClF2N5O2. The van der Waals surface area contributed by atoms with Gasteiger partial charge in [-0.05, 0) is 48.6 Å². The van der Waals surface area contributed by atoms with Crippen LogP contribution in [0, 0.1) is 18.6 Å². The molecule has 2 heterocycles. The van der Waals surface area contributed by atoms with Gasteiger partial charge in [-0.1, -0.05) is 42.8 Å². The average molecular weight is 542 g/mol. The van der Waals surface area contributed by atoms with E-state index in [1.54, 1.807) is 18.7 Å². The van der Waals surface area contributed by atoms with Gasteiger partial charge in [-0.2, -0.15) is 5.10 Å². The first-order valence-electron chi connectivity index (χ1n) is 12.4. The number of halogens is 3. The molecule has 2 atom stereocenters. The zero-order chi connectivity index (χ0) is 27.4. The molecule has 0 bridgehead atoms. The summed E-state index contributed by atoms with van der Waals surface area (Å²) >= 11 is 6.57. The van der Waals surface area contributed by atoms with Crippen LogP contribution in [0.5, 0.6) is 0 Å². The Kier molecular flexibility index (Phi) is 8.71. The normalized spacial score (nSPS) is 13.0. The average Bonchev–Trinajstić information content (AvgIpc) is 3.17. The van der Waals surface area contributed by atoms with Crippen LogP contribution in [0.3, 0.4) is 0 Å². The second-order valence-corrected chi connectivity index (χ2v) is 9.70. The van der Waals surface area contributed by atoms with Crippen LogP contribution in [0.15, 0.2) is 48.7 Å². The minimum atomic E-state index is -1.07. The highest BCUT2D eigenvalue weighted by atomic mass is 35.5. The van der Waals surface area contributed by atoms with Gasteiger partial charge < -0.3 is 15.7 Å². The maximum atomic E-state index is 13.9. The minimum absolute atomic E-state index is 0.00615. The van der Waals surface area contributed by atoms with Gasteiger partial charge >= 0.3 is 0 Å². The van der Waals surface area contributed by atoms with Crippen molar-refractivity contribution in [2.24, 2.45) is 7.05 Å². The lowest BCUT2D eigenvalue weighted by atomic mass is 10.00. The molecule has 0 aliphatic carbocycles. The van der Waals surface area contributed by atoms with Crippen molar-refractivity contribution in [3.05, 3.63) is 93.3 Å². The monoisotopic (exact) mass is 541 g/mol. The van der Waals surface area contributed by atoms with Crippen LogP contribution in [0.25, 0.3) is 11.0 Å². The number of hydrogen-bond acceptors (Lipinski definition) is 5. The fourth-order valence-electron chi connectivity index (χ4n) is 4.50. The predicted octanol–water partition coefficient (Wildman–Crippen LogP) is 4.26. The third kappa shape index (κ3) is 6.35. The number of aliphatic hydroxyl groups is 1. The molecule has 2 aromatic carbocycles. The van der Waals surface area contributed by atoms with E-state index in [-0.39, 0.29) is 23.6 Å². The first-order valence-corrected chi connectivity index (χ1v) is 12.7. The molecular weight excluding hydrogens is 512 g/mol. The lowest BCUT2D eigenvalue weighted by Gasteiger charge is -2.25. The van der Waals surface area contributed by atoms with Crippen LogP contribution in [0.1, 0.15) is 39.7 Å². The molecule has 10 heteroatoms. The van der Waals surface area contributed by atoms with E-state index in [0.717, 1.165) is 18.1 Å². The topological polar surface area (TPSA) is 92.1 Å². The van der Waals surface area contributed by atoms with Gasteiger partial charge in [0.25, 0.3) is 5.91 Å². The van der Waals surface area contributed by atoms with Gasteiger partial charge in [0.15, 0.2) is 5.65 Å². The highest BCUT2D eigenvalue weighted by molar-refractivity contribution is 6.38. The lowest BCUT2D eigenvalue weighted by molar-refractivity contribution is 0.0829. The Morgan fingerprint density at radius 1 is 1.13 bits per heavy atom. The van der Waals surface area contributed by atoms with E-state index in [1.807, 2.05) is 18.2 Å². The van der Waals surface area contributed by atoms with Crippen LogP contribution in [-0.4, -0.2) is 44.5 Å². The fraction of sp³-hybridized carbons (Fsp3) is 0.321. The molecule has 200 valence electrons. The molecule has 0 aliphatic rings. The largest absolute Gasteiger partial charge is 0.390 e. The molecule has 38 heavy (non-hydrogen) atoms.